The number of ether oxygens (including phenoxy) is 1. The molecule has 10 heteroatoms. The SMILES string of the molecule is CCCSP(=S)(OCC)ON=C1n2c(OC)cnc2SC1(C)C. The molecule has 0 spiro atoms. The van der Waals surface area contributed by atoms with Gasteiger partial charge in [-0.1, -0.05) is 35.2 Å². The highest BCUT2D eigenvalue weighted by Crippen LogP contribution is 2.61. The molecule has 1 aliphatic heterocycles. The van der Waals surface area contributed by atoms with Crippen molar-refractivity contribution in [3.8, 4) is 5.88 Å². The molecule has 0 radical (unpaired) electrons. The molecule has 130 valence electrons. The average molecular weight is 396 g/mol. The lowest BCUT2D eigenvalue weighted by Crippen LogP contribution is -2.28. The van der Waals surface area contributed by atoms with E-state index in [1.54, 1.807) is 25.1 Å². The Kier molecular flexibility index (Phi) is 6.47. The van der Waals surface area contributed by atoms with Gasteiger partial charge >= 0.3 is 5.69 Å². The topological polar surface area (TPSA) is 57.9 Å². The van der Waals surface area contributed by atoms with Gasteiger partial charge in [0.2, 0.25) is 5.88 Å². The van der Waals surface area contributed by atoms with E-state index in [0.717, 1.165) is 23.2 Å². The zero-order valence-corrected chi connectivity index (χ0v) is 17.3. The minimum Gasteiger partial charge on any atom is -0.481 e. The lowest BCUT2D eigenvalue weighted by Gasteiger charge is -2.21. The highest BCUT2D eigenvalue weighted by atomic mass is 32.9. The van der Waals surface area contributed by atoms with Gasteiger partial charge in [0, 0.05) is 5.75 Å². The molecule has 1 aliphatic rings. The van der Waals surface area contributed by atoms with Crippen LogP contribution in [-0.4, -0.2) is 39.6 Å². The summed E-state index contributed by atoms with van der Waals surface area (Å²) in [4.78, 5) is 4.35. The summed E-state index contributed by atoms with van der Waals surface area (Å²) in [6, 6.07) is 0. The second-order valence-corrected chi connectivity index (χ2v) is 13.2. The highest BCUT2D eigenvalue weighted by molar-refractivity contribution is 8.67. The maximum absolute atomic E-state index is 5.75. The first-order chi connectivity index (χ1) is 10.9. The zero-order valence-electron chi connectivity index (χ0n) is 13.9. The molecule has 0 N–H and O–H groups in total. The first-order valence-electron chi connectivity index (χ1n) is 7.34. The van der Waals surface area contributed by atoms with Crippen LogP contribution in [0.4, 0.5) is 0 Å². The van der Waals surface area contributed by atoms with Gasteiger partial charge in [-0.25, -0.2) is 9.55 Å². The maximum atomic E-state index is 5.75. The second kappa shape index (κ2) is 7.78. The van der Waals surface area contributed by atoms with Gasteiger partial charge in [-0.3, -0.25) is 0 Å². The first kappa shape index (κ1) is 19.1. The summed E-state index contributed by atoms with van der Waals surface area (Å²) in [6.07, 6.45) is 2.69. The van der Waals surface area contributed by atoms with Crippen molar-refractivity contribution in [1.29, 1.82) is 0 Å². The Morgan fingerprint density at radius 1 is 1.48 bits per heavy atom. The molecule has 1 atom stereocenters. The summed E-state index contributed by atoms with van der Waals surface area (Å²) in [6.45, 7) is 8.66. The molecule has 1 aromatic heterocycles. The monoisotopic (exact) mass is 395 g/mol. The van der Waals surface area contributed by atoms with Crippen LogP contribution < -0.4 is 4.74 Å². The summed E-state index contributed by atoms with van der Waals surface area (Å²) < 4.78 is 18.4. The molecule has 6 nitrogen and oxygen atoms in total. The van der Waals surface area contributed by atoms with Crippen LogP contribution in [0.3, 0.4) is 0 Å². The minimum atomic E-state index is -2.48. The van der Waals surface area contributed by atoms with E-state index in [9.17, 15) is 0 Å². The van der Waals surface area contributed by atoms with E-state index < -0.39 is 5.69 Å². The Bertz CT molecular complexity index is 633. The van der Waals surface area contributed by atoms with E-state index >= 15 is 0 Å². The lowest BCUT2D eigenvalue weighted by molar-refractivity contribution is 0.277. The van der Waals surface area contributed by atoms with Gasteiger partial charge in [-0.15, -0.1) is 0 Å². The van der Waals surface area contributed by atoms with E-state index in [4.69, 9.17) is 25.7 Å². The van der Waals surface area contributed by atoms with Crippen molar-refractivity contribution in [2.24, 2.45) is 5.16 Å². The van der Waals surface area contributed by atoms with Gasteiger partial charge in [-0.2, -0.15) is 0 Å². The molecule has 0 aliphatic carbocycles. The molecule has 0 bridgehead atoms. The molecule has 23 heavy (non-hydrogen) atoms. The van der Waals surface area contributed by atoms with E-state index in [1.807, 2.05) is 11.5 Å². The molecule has 0 saturated carbocycles. The largest absolute Gasteiger partial charge is 0.481 e. The van der Waals surface area contributed by atoms with E-state index in [1.165, 1.54) is 11.4 Å². The Balaban J connectivity index is 2.30. The van der Waals surface area contributed by atoms with Gasteiger partial charge in [-0.05, 0) is 39.0 Å². The molecular formula is C13H22N3O3PS3. The van der Waals surface area contributed by atoms with Crippen molar-refractivity contribution in [1.82, 2.24) is 9.55 Å². The fraction of sp³-hybridized carbons (Fsp3) is 0.692. The number of hydrogen-bond donors (Lipinski definition) is 0. The van der Waals surface area contributed by atoms with Crippen molar-refractivity contribution in [3.63, 3.8) is 0 Å². The Hall–Kier alpha value is -0.210. The number of fused-ring (bicyclic) bond motifs is 1. The molecule has 2 heterocycles. The Morgan fingerprint density at radius 2 is 2.22 bits per heavy atom. The number of thioether (sulfide) groups is 1. The molecule has 2 rings (SSSR count). The number of nitrogens with zero attached hydrogens (tertiary/aromatic N) is 3. The Morgan fingerprint density at radius 3 is 2.83 bits per heavy atom. The molecule has 1 aromatic rings. The fourth-order valence-electron chi connectivity index (χ4n) is 1.96. The van der Waals surface area contributed by atoms with Crippen molar-refractivity contribution in [2.45, 2.75) is 44.0 Å². The normalized spacial score (nSPS) is 20.3. The van der Waals surface area contributed by atoms with Crippen LogP contribution in [0.2, 0.25) is 0 Å². The van der Waals surface area contributed by atoms with Crippen LogP contribution in [0.15, 0.2) is 16.5 Å². The number of oxime groups is 1. The van der Waals surface area contributed by atoms with Crippen molar-refractivity contribution in [3.05, 3.63) is 6.20 Å². The third-order valence-electron chi connectivity index (χ3n) is 2.97. The van der Waals surface area contributed by atoms with Crippen molar-refractivity contribution in [2.75, 3.05) is 19.5 Å². The highest BCUT2D eigenvalue weighted by Gasteiger charge is 2.41. The maximum Gasteiger partial charge on any atom is 0.322 e. The fourth-order valence-corrected chi connectivity index (χ4v) is 7.16. The zero-order chi connectivity index (χ0) is 17.1. The van der Waals surface area contributed by atoms with Crippen molar-refractivity contribution < 1.29 is 13.9 Å². The van der Waals surface area contributed by atoms with Crippen molar-refractivity contribution >= 4 is 46.5 Å². The first-order valence-corrected chi connectivity index (χ1v) is 12.4. The lowest BCUT2D eigenvalue weighted by atomic mass is 10.2. The quantitative estimate of drug-likeness (QED) is 0.479. The van der Waals surface area contributed by atoms with Crippen LogP contribution in [0.1, 0.15) is 34.1 Å². The van der Waals surface area contributed by atoms with Crippen LogP contribution in [0.25, 0.3) is 0 Å². The summed E-state index contributed by atoms with van der Waals surface area (Å²) in [5.41, 5.74) is -2.48. The van der Waals surface area contributed by atoms with E-state index in [0.29, 0.717) is 12.5 Å². The van der Waals surface area contributed by atoms with E-state index in [2.05, 4.69) is 30.9 Å². The second-order valence-electron chi connectivity index (χ2n) is 5.23. The molecule has 0 saturated heterocycles. The van der Waals surface area contributed by atoms with Crippen LogP contribution in [-0.2, 0) is 21.0 Å². The number of imidazole rings is 1. The molecular weight excluding hydrogens is 373 g/mol. The predicted octanol–water partition coefficient (Wildman–Crippen LogP) is 4.36. The molecule has 0 fully saturated rings. The van der Waals surface area contributed by atoms with Crippen LogP contribution in [0.5, 0.6) is 5.88 Å². The third-order valence-corrected chi connectivity index (χ3v) is 9.38. The molecule has 0 amide bonds. The Labute approximate surface area is 150 Å². The summed E-state index contributed by atoms with van der Waals surface area (Å²) in [5.74, 6) is 2.24. The number of hydrogen-bond acceptors (Lipinski definition) is 8. The van der Waals surface area contributed by atoms with Gasteiger partial charge in [0.15, 0.2) is 11.0 Å². The van der Waals surface area contributed by atoms with Crippen LogP contribution in [0, 0.1) is 0 Å². The van der Waals surface area contributed by atoms with Gasteiger partial charge in [0.1, 0.15) is 0 Å². The standard InChI is InChI=1S/C13H22N3O3PS3/c1-6-8-22-20(21,18-7-2)19-15-11-13(3,4)23-12-14-9-10(17-5)16(11)12/h9H,6-8H2,1-5H3. The molecule has 0 aromatic carbocycles. The van der Waals surface area contributed by atoms with E-state index in [-0.39, 0.29) is 4.75 Å². The van der Waals surface area contributed by atoms with Gasteiger partial charge in [0.25, 0.3) is 0 Å². The predicted molar refractivity (Wildman–Crippen MR) is 101 cm³/mol. The minimum absolute atomic E-state index is 0.279. The molecule has 1 unspecified atom stereocenters. The summed E-state index contributed by atoms with van der Waals surface area (Å²) >= 11 is 8.72. The summed E-state index contributed by atoms with van der Waals surface area (Å²) in [7, 11) is 1.61. The number of methoxy groups -OCH3 is 1. The summed E-state index contributed by atoms with van der Waals surface area (Å²) in [5, 5.41) is 5.21. The smallest absolute Gasteiger partial charge is 0.322 e. The van der Waals surface area contributed by atoms with Gasteiger partial charge in [0.05, 0.1) is 24.7 Å². The average Bonchev–Trinajstić information content (AvgIpc) is 2.98. The van der Waals surface area contributed by atoms with Gasteiger partial charge < -0.3 is 13.9 Å². The third kappa shape index (κ3) is 4.25. The number of rotatable bonds is 8. The number of aromatic nitrogens is 2. The van der Waals surface area contributed by atoms with Crippen LogP contribution >= 0.6 is 28.8 Å².